The molecule has 1 aliphatic heterocycles. The first-order valence-electron chi connectivity index (χ1n) is 8.87. The molecule has 0 spiro atoms. The molecule has 0 saturated carbocycles. The van der Waals surface area contributed by atoms with E-state index < -0.39 is 0 Å². The number of fused-ring (bicyclic) bond motifs is 1. The van der Waals surface area contributed by atoms with Crippen molar-refractivity contribution in [3.05, 3.63) is 69.8 Å². The molecule has 0 aromatic heterocycles. The summed E-state index contributed by atoms with van der Waals surface area (Å²) in [5.74, 6) is 1.45. The van der Waals surface area contributed by atoms with E-state index >= 15 is 0 Å². The number of nitrogens with one attached hydrogen (secondary N) is 2. The second-order valence-electron chi connectivity index (χ2n) is 7.11. The van der Waals surface area contributed by atoms with Crippen LogP contribution in [0.25, 0.3) is 0 Å². The lowest BCUT2D eigenvalue weighted by Gasteiger charge is -2.38. The van der Waals surface area contributed by atoms with Crippen LogP contribution in [0.1, 0.15) is 37.4 Å². The van der Waals surface area contributed by atoms with E-state index in [1.54, 1.807) is 25.2 Å². The molecule has 0 amide bonds. The monoisotopic (exact) mass is 368 g/mol. The van der Waals surface area contributed by atoms with Crippen LogP contribution in [0.15, 0.2) is 53.5 Å². The molecule has 1 unspecified atom stereocenters. The maximum atomic E-state index is 11.2. The van der Waals surface area contributed by atoms with Crippen LogP contribution in [-0.2, 0) is 6.54 Å². The first-order chi connectivity index (χ1) is 12.9. The molecule has 142 valence electrons. The average Bonchev–Trinajstić information content (AvgIpc) is 2.64. The van der Waals surface area contributed by atoms with Gasteiger partial charge in [0.25, 0.3) is 5.69 Å². The molecule has 0 bridgehead atoms. The summed E-state index contributed by atoms with van der Waals surface area (Å²) >= 11 is 0. The molecule has 1 aliphatic rings. The topological polar surface area (TPSA) is 88.8 Å². The van der Waals surface area contributed by atoms with Crippen molar-refractivity contribution in [3.8, 4) is 5.75 Å². The first-order valence-corrected chi connectivity index (χ1v) is 8.87. The van der Waals surface area contributed by atoms with Crippen LogP contribution >= 0.6 is 0 Å². The van der Waals surface area contributed by atoms with Crippen LogP contribution in [0.5, 0.6) is 5.75 Å². The van der Waals surface area contributed by atoms with Crippen molar-refractivity contribution in [2.24, 2.45) is 4.99 Å². The van der Waals surface area contributed by atoms with Gasteiger partial charge in [-0.3, -0.25) is 15.1 Å². The molecule has 0 aliphatic carbocycles. The van der Waals surface area contributed by atoms with Crippen molar-refractivity contribution in [1.29, 1.82) is 0 Å². The molecular weight excluding hydrogens is 344 g/mol. The summed E-state index contributed by atoms with van der Waals surface area (Å²) in [5, 5.41) is 17.8. The molecule has 0 fully saturated rings. The second kappa shape index (κ2) is 7.65. The van der Waals surface area contributed by atoms with Gasteiger partial charge in [-0.25, -0.2) is 0 Å². The molecule has 27 heavy (non-hydrogen) atoms. The number of hydrogen-bond donors (Lipinski definition) is 2. The molecule has 0 saturated heterocycles. The normalized spacial score (nSPS) is 18.2. The number of aliphatic imine (C=N–C) groups is 1. The van der Waals surface area contributed by atoms with Crippen LogP contribution in [0.4, 0.5) is 5.69 Å². The van der Waals surface area contributed by atoms with Gasteiger partial charge in [0, 0.05) is 37.2 Å². The third-order valence-electron chi connectivity index (χ3n) is 4.55. The summed E-state index contributed by atoms with van der Waals surface area (Å²) in [6.07, 6.45) is 0.774. The Hall–Kier alpha value is -3.09. The summed E-state index contributed by atoms with van der Waals surface area (Å²) in [5.41, 5.74) is 1.48. The van der Waals surface area contributed by atoms with Crippen LogP contribution < -0.4 is 15.4 Å². The molecule has 2 N–H and O–H groups in total. The van der Waals surface area contributed by atoms with Gasteiger partial charge in [-0.2, -0.15) is 0 Å². The highest BCUT2D eigenvalue weighted by Gasteiger charge is 2.34. The van der Waals surface area contributed by atoms with Gasteiger partial charge in [-0.1, -0.05) is 36.4 Å². The summed E-state index contributed by atoms with van der Waals surface area (Å²) in [4.78, 5) is 15.1. The average molecular weight is 368 g/mol. The number of ether oxygens (including phenoxy) is 1. The highest BCUT2D eigenvalue weighted by atomic mass is 16.6. The number of rotatable bonds is 4. The molecule has 7 nitrogen and oxygen atoms in total. The molecule has 1 atom stereocenters. The predicted octanol–water partition coefficient (Wildman–Crippen LogP) is 3.56. The van der Waals surface area contributed by atoms with Crippen LogP contribution in [-0.4, -0.2) is 23.5 Å². The van der Waals surface area contributed by atoms with Gasteiger partial charge in [0.15, 0.2) is 5.96 Å². The fourth-order valence-corrected chi connectivity index (χ4v) is 3.31. The SMILES string of the molecule is CN=C(NCc1ccccc1[N+](=O)[O-])NC1CC(C)(C)Oc2ccccc21. The number of nitro benzene ring substituents is 1. The molecule has 7 heteroatoms. The van der Waals surface area contributed by atoms with E-state index in [9.17, 15) is 10.1 Å². The lowest BCUT2D eigenvalue weighted by atomic mass is 9.90. The number of nitrogens with zero attached hydrogens (tertiary/aromatic N) is 2. The minimum Gasteiger partial charge on any atom is -0.487 e. The lowest BCUT2D eigenvalue weighted by Crippen LogP contribution is -2.45. The number of para-hydroxylation sites is 2. The number of nitro groups is 1. The Kier molecular flexibility index (Phi) is 5.30. The van der Waals surface area contributed by atoms with E-state index in [0.717, 1.165) is 17.7 Å². The molecule has 3 rings (SSSR count). The minimum absolute atomic E-state index is 0.0295. The zero-order chi connectivity index (χ0) is 19.4. The van der Waals surface area contributed by atoms with Crippen molar-refractivity contribution in [2.45, 2.75) is 38.5 Å². The predicted molar refractivity (Wildman–Crippen MR) is 105 cm³/mol. The standard InChI is InChI=1S/C20H24N4O3/c1-20(2)12-16(15-9-5-7-11-18(15)27-20)23-19(21-3)22-13-14-8-4-6-10-17(14)24(25)26/h4-11,16H,12-13H2,1-3H3,(H2,21,22,23). The Balaban J connectivity index is 1.74. The van der Waals surface area contributed by atoms with Crippen LogP contribution in [0.2, 0.25) is 0 Å². The van der Waals surface area contributed by atoms with E-state index in [4.69, 9.17) is 4.74 Å². The summed E-state index contributed by atoms with van der Waals surface area (Å²) < 4.78 is 6.06. The largest absolute Gasteiger partial charge is 0.487 e. The van der Waals surface area contributed by atoms with Gasteiger partial charge in [-0.15, -0.1) is 0 Å². The fraction of sp³-hybridized carbons (Fsp3) is 0.350. The van der Waals surface area contributed by atoms with Crippen molar-refractivity contribution in [1.82, 2.24) is 10.6 Å². The van der Waals surface area contributed by atoms with Gasteiger partial charge in [-0.05, 0) is 19.9 Å². The van der Waals surface area contributed by atoms with Crippen molar-refractivity contribution < 1.29 is 9.66 Å². The highest BCUT2D eigenvalue weighted by molar-refractivity contribution is 5.80. The first kappa shape index (κ1) is 18.7. The zero-order valence-corrected chi connectivity index (χ0v) is 15.7. The molecule has 2 aromatic rings. The Morgan fingerprint density at radius 2 is 1.96 bits per heavy atom. The smallest absolute Gasteiger partial charge is 0.274 e. The Morgan fingerprint density at radius 3 is 2.70 bits per heavy atom. The summed E-state index contributed by atoms with van der Waals surface area (Å²) in [7, 11) is 1.69. The highest BCUT2D eigenvalue weighted by Crippen LogP contribution is 2.39. The molecule has 0 radical (unpaired) electrons. The van der Waals surface area contributed by atoms with Gasteiger partial charge in [0.1, 0.15) is 11.4 Å². The Morgan fingerprint density at radius 1 is 1.26 bits per heavy atom. The van der Waals surface area contributed by atoms with Gasteiger partial charge in [0.05, 0.1) is 11.0 Å². The van der Waals surface area contributed by atoms with E-state index in [1.807, 2.05) is 24.3 Å². The molecule has 2 aromatic carbocycles. The molecular formula is C20H24N4O3. The minimum atomic E-state index is -0.371. The van der Waals surface area contributed by atoms with Gasteiger partial charge < -0.3 is 15.4 Å². The van der Waals surface area contributed by atoms with Gasteiger partial charge in [0.2, 0.25) is 0 Å². The third-order valence-corrected chi connectivity index (χ3v) is 4.55. The maximum Gasteiger partial charge on any atom is 0.274 e. The number of benzene rings is 2. The van der Waals surface area contributed by atoms with Crippen LogP contribution in [0.3, 0.4) is 0 Å². The molecule has 1 heterocycles. The fourth-order valence-electron chi connectivity index (χ4n) is 3.31. The van der Waals surface area contributed by atoms with Crippen LogP contribution in [0, 0.1) is 10.1 Å². The Labute approximate surface area is 158 Å². The third kappa shape index (κ3) is 4.36. The number of guanidine groups is 1. The van der Waals surface area contributed by atoms with Crippen molar-refractivity contribution in [3.63, 3.8) is 0 Å². The Bertz CT molecular complexity index is 864. The quantitative estimate of drug-likeness (QED) is 0.373. The lowest BCUT2D eigenvalue weighted by molar-refractivity contribution is -0.385. The summed E-state index contributed by atoms with van der Waals surface area (Å²) in [6, 6.07) is 14.7. The second-order valence-corrected chi connectivity index (χ2v) is 7.11. The maximum absolute atomic E-state index is 11.2. The van der Waals surface area contributed by atoms with Gasteiger partial charge >= 0.3 is 0 Å². The van der Waals surface area contributed by atoms with E-state index in [-0.39, 0.29) is 22.3 Å². The van der Waals surface area contributed by atoms with E-state index in [1.165, 1.54) is 6.07 Å². The zero-order valence-electron chi connectivity index (χ0n) is 15.7. The van der Waals surface area contributed by atoms with Crippen molar-refractivity contribution in [2.75, 3.05) is 7.05 Å². The summed E-state index contributed by atoms with van der Waals surface area (Å²) in [6.45, 7) is 4.42. The van der Waals surface area contributed by atoms with E-state index in [2.05, 4.69) is 29.5 Å². The number of hydrogen-bond acceptors (Lipinski definition) is 4. The van der Waals surface area contributed by atoms with Crippen molar-refractivity contribution >= 4 is 11.6 Å². The van der Waals surface area contributed by atoms with E-state index in [0.29, 0.717) is 18.1 Å².